The first-order valence-electron chi connectivity index (χ1n) is 5.14. The Balaban J connectivity index is 0.00000361. The largest absolute Gasteiger partial charge is 1.00 e. The molecule has 0 aliphatic carbocycles. The molecule has 5 nitrogen and oxygen atoms in total. The number of nitrogens with two attached hydrogens (primary N) is 1. The molecule has 2 N–H and O–H groups in total. The first-order valence-corrected chi connectivity index (χ1v) is 8.38. The molecule has 0 fully saturated rings. The first-order chi connectivity index (χ1) is 8.84. The maximum atomic E-state index is 11.4. The summed E-state index contributed by atoms with van der Waals surface area (Å²) in [5.41, 5.74) is 5.76. The van der Waals surface area contributed by atoms with E-state index in [1.54, 1.807) is 6.07 Å². The van der Waals surface area contributed by atoms with E-state index in [2.05, 4.69) is 22.6 Å². The van der Waals surface area contributed by atoms with E-state index in [1.165, 1.54) is 0 Å². The molecule has 0 heterocycles. The Morgan fingerprint density at radius 1 is 1.25 bits per heavy atom. The summed E-state index contributed by atoms with van der Waals surface area (Å²) >= 11 is 6.16. The van der Waals surface area contributed by atoms with Crippen molar-refractivity contribution in [2.75, 3.05) is 6.61 Å². The molecule has 0 atom stereocenters. The van der Waals surface area contributed by atoms with Gasteiger partial charge in [0.15, 0.2) is 0 Å². The zero-order chi connectivity index (χ0) is 14.6. The monoisotopic (exact) mass is 623 g/mol. The summed E-state index contributed by atoms with van der Waals surface area (Å²) in [4.78, 5) is 21.7. The molecule has 1 aromatic carbocycles. The van der Waals surface area contributed by atoms with Crippen LogP contribution in [0, 0.1) is 10.7 Å². The molecule has 0 aromatic heterocycles. The molecular formula is C11H9I3NNaO4. The third kappa shape index (κ3) is 6.10. The molecule has 0 bridgehead atoms. The van der Waals surface area contributed by atoms with Gasteiger partial charge in [-0.05, 0) is 86.7 Å². The summed E-state index contributed by atoms with van der Waals surface area (Å²) in [6.45, 7) is 0.249. The number of aliphatic carboxylic acids is 1. The molecule has 0 aliphatic rings. The molecule has 1 amide bonds. The second-order valence-corrected chi connectivity index (χ2v) is 6.95. The fraction of sp³-hybridized carbons (Fsp3) is 0.273. The number of amides is 1. The maximum absolute atomic E-state index is 11.4. The number of carbonyl (C=O) groups excluding carboxylic acids is 2. The number of carbonyl (C=O) groups is 2. The second kappa shape index (κ2) is 10.0. The van der Waals surface area contributed by atoms with Gasteiger partial charge in [0.1, 0.15) is 5.75 Å². The van der Waals surface area contributed by atoms with Gasteiger partial charge in [0.25, 0.3) is 5.91 Å². The van der Waals surface area contributed by atoms with Crippen molar-refractivity contribution in [3.63, 3.8) is 0 Å². The molecule has 0 saturated carbocycles. The van der Waals surface area contributed by atoms with Crippen LogP contribution < -0.4 is 45.1 Å². The van der Waals surface area contributed by atoms with Crippen molar-refractivity contribution in [1.29, 1.82) is 0 Å². The Hall–Kier alpha value is 1.15. The van der Waals surface area contributed by atoms with Crippen LogP contribution in [0.3, 0.4) is 0 Å². The molecule has 0 radical (unpaired) electrons. The van der Waals surface area contributed by atoms with Gasteiger partial charge in [0, 0.05) is 9.54 Å². The summed E-state index contributed by atoms with van der Waals surface area (Å²) in [5, 5.41) is 10.3. The molecule has 104 valence electrons. The van der Waals surface area contributed by atoms with Crippen molar-refractivity contribution < 1.29 is 49.0 Å². The van der Waals surface area contributed by atoms with Crippen LogP contribution in [-0.2, 0) is 4.79 Å². The summed E-state index contributed by atoms with van der Waals surface area (Å²) in [6, 6.07) is 1.80. The number of carboxylic acids is 1. The van der Waals surface area contributed by atoms with Crippen LogP contribution in [0.1, 0.15) is 23.2 Å². The molecular weight excluding hydrogens is 614 g/mol. The van der Waals surface area contributed by atoms with Crippen LogP contribution in [0.2, 0.25) is 0 Å². The second-order valence-electron chi connectivity index (χ2n) is 3.55. The van der Waals surface area contributed by atoms with E-state index in [1.807, 2.05) is 45.2 Å². The SMILES string of the molecule is NC(=O)c1c(I)cc(I)c(OCCCC(=O)[O-])c1I.[Na+]. The van der Waals surface area contributed by atoms with E-state index < -0.39 is 11.9 Å². The predicted molar refractivity (Wildman–Crippen MR) is 92.8 cm³/mol. The minimum atomic E-state index is -1.10. The van der Waals surface area contributed by atoms with Crippen molar-refractivity contribution >= 4 is 79.6 Å². The number of hydrogen-bond donors (Lipinski definition) is 1. The van der Waals surface area contributed by atoms with Crippen molar-refractivity contribution in [2.45, 2.75) is 12.8 Å². The quantitative estimate of drug-likeness (QED) is 0.238. The van der Waals surface area contributed by atoms with Gasteiger partial charge >= 0.3 is 29.6 Å². The number of ether oxygens (including phenoxy) is 1. The number of halogens is 3. The standard InChI is InChI=1S/C11H10I3NO4.Na/c12-5-4-6(13)10(9(14)8(5)11(15)18)19-3-1-2-7(16)17;/h4H,1-3H2,(H2,15,18)(H,16,17);/q;+1/p-1. The molecule has 0 aliphatic heterocycles. The molecule has 0 spiro atoms. The van der Waals surface area contributed by atoms with Gasteiger partial charge in [-0.3, -0.25) is 4.79 Å². The third-order valence-corrected chi connectivity index (χ3v) is 4.83. The van der Waals surface area contributed by atoms with Gasteiger partial charge < -0.3 is 20.4 Å². The maximum Gasteiger partial charge on any atom is 1.00 e. The van der Waals surface area contributed by atoms with Gasteiger partial charge in [-0.2, -0.15) is 0 Å². The summed E-state index contributed by atoms with van der Waals surface area (Å²) in [7, 11) is 0. The Morgan fingerprint density at radius 2 is 1.85 bits per heavy atom. The van der Waals surface area contributed by atoms with Crippen LogP contribution in [0.25, 0.3) is 0 Å². The van der Waals surface area contributed by atoms with Gasteiger partial charge in [0.05, 0.1) is 19.3 Å². The van der Waals surface area contributed by atoms with Crippen molar-refractivity contribution in [3.05, 3.63) is 22.3 Å². The van der Waals surface area contributed by atoms with Crippen LogP contribution in [0.4, 0.5) is 0 Å². The predicted octanol–water partition coefficient (Wildman–Crippen LogP) is -1.49. The van der Waals surface area contributed by atoms with Crippen LogP contribution in [0.15, 0.2) is 6.07 Å². The Labute approximate surface area is 179 Å². The zero-order valence-electron chi connectivity index (χ0n) is 10.5. The minimum Gasteiger partial charge on any atom is -0.550 e. The fourth-order valence-corrected chi connectivity index (χ4v) is 5.54. The fourth-order valence-electron chi connectivity index (χ4n) is 1.32. The average molecular weight is 623 g/mol. The van der Waals surface area contributed by atoms with Crippen LogP contribution in [0.5, 0.6) is 5.75 Å². The summed E-state index contributed by atoms with van der Waals surface area (Å²) in [6.07, 6.45) is 0.298. The van der Waals surface area contributed by atoms with Crippen molar-refractivity contribution in [1.82, 2.24) is 0 Å². The zero-order valence-corrected chi connectivity index (χ0v) is 19.0. The molecule has 20 heavy (non-hydrogen) atoms. The number of carboxylic acid groups (broad SMARTS) is 1. The van der Waals surface area contributed by atoms with E-state index in [9.17, 15) is 14.7 Å². The van der Waals surface area contributed by atoms with E-state index in [4.69, 9.17) is 10.5 Å². The molecule has 1 rings (SSSR count). The molecule has 1 aromatic rings. The van der Waals surface area contributed by atoms with Crippen LogP contribution in [-0.4, -0.2) is 18.5 Å². The average Bonchev–Trinajstić information content (AvgIpc) is 2.26. The summed E-state index contributed by atoms with van der Waals surface area (Å²) < 4.78 is 7.81. The van der Waals surface area contributed by atoms with E-state index in [0.29, 0.717) is 21.3 Å². The topological polar surface area (TPSA) is 92.5 Å². The van der Waals surface area contributed by atoms with Crippen LogP contribution >= 0.6 is 67.8 Å². The Kier molecular flexibility index (Phi) is 10.6. The number of rotatable bonds is 6. The number of hydrogen-bond acceptors (Lipinski definition) is 4. The smallest absolute Gasteiger partial charge is 0.550 e. The Morgan fingerprint density at radius 3 is 2.35 bits per heavy atom. The molecule has 0 unspecified atom stereocenters. The minimum absolute atomic E-state index is 0. The van der Waals surface area contributed by atoms with E-state index in [0.717, 1.165) is 7.14 Å². The molecule has 9 heteroatoms. The number of primary amides is 1. The van der Waals surface area contributed by atoms with E-state index in [-0.39, 0.29) is 42.6 Å². The van der Waals surface area contributed by atoms with Gasteiger partial charge in [-0.25, -0.2) is 0 Å². The Bertz CT molecular complexity index is 525. The van der Waals surface area contributed by atoms with Crippen molar-refractivity contribution in [3.8, 4) is 5.75 Å². The van der Waals surface area contributed by atoms with Gasteiger partial charge in [0.2, 0.25) is 0 Å². The number of benzene rings is 1. The first kappa shape index (κ1) is 21.1. The molecule has 0 saturated heterocycles. The van der Waals surface area contributed by atoms with Gasteiger partial charge in [-0.15, -0.1) is 0 Å². The van der Waals surface area contributed by atoms with Crippen molar-refractivity contribution in [2.24, 2.45) is 5.73 Å². The normalized spacial score (nSPS) is 9.75. The summed E-state index contributed by atoms with van der Waals surface area (Å²) in [5.74, 6) is -1.05. The van der Waals surface area contributed by atoms with E-state index >= 15 is 0 Å². The van der Waals surface area contributed by atoms with Gasteiger partial charge in [-0.1, -0.05) is 0 Å². The third-order valence-electron chi connectivity index (χ3n) is 2.15.